The van der Waals surface area contributed by atoms with E-state index in [-0.39, 0.29) is 29.1 Å². The topological polar surface area (TPSA) is 121 Å². The molecule has 2 N–H and O–H groups in total. The lowest BCUT2D eigenvalue weighted by atomic mass is 10.1. The summed E-state index contributed by atoms with van der Waals surface area (Å²) in [6, 6.07) is 15.1. The summed E-state index contributed by atoms with van der Waals surface area (Å²) in [5.41, 5.74) is 3.59. The summed E-state index contributed by atoms with van der Waals surface area (Å²) in [6.07, 6.45) is 0.117. The second kappa shape index (κ2) is 9.22. The quantitative estimate of drug-likeness (QED) is 0.560. The Hall–Kier alpha value is -3.79. The molecule has 0 saturated carbocycles. The maximum atomic E-state index is 12.7. The molecule has 1 fully saturated rings. The van der Waals surface area contributed by atoms with Crippen molar-refractivity contribution in [2.24, 2.45) is 5.92 Å². The molecule has 0 bridgehead atoms. The van der Waals surface area contributed by atoms with Crippen LogP contribution in [0.15, 0.2) is 59.5 Å². The molecule has 1 aliphatic rings. The van der Waals surface area contributed by atoms with Gasteiger partial charge in [0, 0.05) is 35.7 Å². The summed E-state index contributed by atoms with van der Waals surface area (Å²) in [4.78, 5) is 35.0. The van der Waals surface area contributed by atoms with Gasteiger partial charge in [0.05, 0.1) is 10.8 Å². The average Bonchev–Trinajstić information content (AvgIpc) is 3.15. The van der Waals surface area contributed by atoms with Crippen LogP contribution in [0.3, 0.4) is 0 Å². The summed E-state index contributed by atoms with van der Waals surface area (Å²) >= 11 is 0. The van der Waals surface area contributed by atoms with E-state index in [2.05, 4.69) is 20.0 Å². The maximum absolute atomic E-state index is 12.7. The molecule has 34 heavy (non-hydrogen) atoms. The van der Waals surface area contributed by atoms with Crippen LogP contribution in [0, 0.1) is 26.7 Å². The number of benzene rings is 2. The van der Waals surface area contributed by atoms with Crippen LogP contribution in [0.5, 0.6) is 0 Å². The summed E-state index contributed by atoms with van der Waals surface area (Å²) in [6.45, 7) is 5.76. The number of hydrogen-bond donors (Lipinski definition) is 2. The van der Waals surface area contributed by atoms with Gasteiger partial charge in [0.1, 0.15) is 0 Å². The summed E-state index contributed by atoms with van der Waals surface area (Å²) < 4.78 is 27.7. The van der Waals surface area contributed by atoms with Crippen molar-refractivity contribution in [2.75, 3.05) is 21.5 Å². The van der Waals surface area contributed by atoms with Gasteiger partial charge in [-0.05, 0) is 63.2 Å². The van der Waals surface area contributed by atoms with Crippen molar-refractivity contribution < 1.29 is 18.0 Å². The third-order valence-electron chi connectivity index (χ3n) is 5.48. The molecule has 1 atom stereocenters. The van der Waals surface area contributed by atoms with E-state index in [1.165, 1.54) is 24.3 Å². The Morgan fingerprint density at radius 1 is 0.971 bits per heavy atom. The van der Waals surface area contributed by atoms with Crippen molar-refractivity contribution in [2.45, 2.75) is 32.1 Å². The second-order valence-corrected chi connectivity index (χ2v) is 10.0. The largest absolute Gasteiger partial charge is 0.326 e. The van der Waals surface area contributed by atoms with Gasteiger partial charge in [-0.3, -0.25) is 9.59 Å². The zero-order valence-corrected chi connectivity index (χ0v) is 19.9. The minimum atomic E-state index is -3.90. The number of nitrogens with one attached hydrogen (secondary N) is 2. The highest BCUT2D eigenvalue weighted by atomic mass is 32.2. The highest BCUT2D eigenvalue weighted by molar-refractivity contribution is 7.92. The Balaban J connectivity index is 1.41. The fraction of sp³-hybridized carbons (Fsp3) is 0.250. The number of carbonyl (C=O) groups is 2. The van der Waals surface area contributed by atoms with E-state index in [0.29, 0.717) is 23.6 Å². The smallest absolute Gasteiger partial charge is 0.264 e. The molecule has 1 aromatic heterocycles. The minimum absolute atomic E-state index is 0.00101. The van der Waals surface area contributed by atoms with Gasteiger partial charge in [-0.1, -0.05) is 17.7 Å². The van der Waals surface area contributed by atoms with Gasteiger partial charge in [-0.15, -0.1) is 0 Å². The molecule has 2 amide bonds. The first-order valence-electron chi connectivity index (χ1n) is 10.7. The van der Waals surface area contributed by atoms with Crippen molar-refractivity contribution in [3.05, 3.63) is 71.5 Å². The molecule has 0 radical (unpaired) electrons. The maximum Gasteiger partial charge on any atom is 0.264 e. The van der Waals surface area contributed by atoms with Gasteiger partial charge >= 0.3 is 0 Å². The number of sulfonamides is 1. The van der Waals surface area contributed by atoms with Crippen LogP contribution >= 0.6 is 0 Å². The van der Waals surface area contributed by atoms with Crippen LogP contribution < -0.4 is 14.9 Å². The van der Waals surface area contributed by atoms with E-state index in [9.17, 15) is 18.0 Å². The SMILES string of the molecule is Cc1ccc(N2CC(C(=O)Nc3ccc(S(=O)(=O)Nc4nc(C)cc(C)n4)cc3)CC2=O)cc1. The highest BCUT2D eigenvalue weighted by Crippen LogP contribution is 2.26. The van der Waals surface area contributed by atoms with Gasteiger partial charge < -0.3 is 10.2 Å². The van der Waals surface area contributed by atoms with Crippen LogP contribution in [0.2, 0.25) is 0 Å². The molecule has 3 aromatic rings. The van der Waals surface area contributed by atoms with E-state index in [4.69, 9.17) is 0 Å². The van der Waals surface area contributed by atoms with Crippen LogP contribution in [0.1, 0.15) is 23.4 Å². The lowest BCUT2D eigenvalue weighted by Gasteiger charge is -2.17. The van der Waals surface area contributed by atoms with E-state index in [0.717, 1.165) is 11.3 Å². The standard InChI is InChI=1S/C24H25N5O4S/c1-15-4-8-20(9-5-15)29-14-18(13-22(29)30)23(31)27-19-6-10-21(11-7-19)34(32,33)28-24-25-16(2)12-17(3)26-24/h4-12,18H,13-14H2,1-3H3,(H,27,31)(H,25,26,28). The number of carbonyl (C=O) groups excluding carboxylic acids is 2. The highest BCUT2D eigenvalue weighted by Gasteiger charge is 2.35. The van der Waals surface area contributed by atoms with Crippen LogP contribution in [0.25, 0.3) is 0 Å². The molecule has 1 aliphatic heterocycles. The Kier molecular flexibility index (Phi) is 6.34. The first kappa shape index (κ1) is 23.4. The second-order valence-electron chi connectivity index (χ2n) is 8.33. The zero-order chi connectivity index (χ0) is 24.5. The Morgan fingerprint density at radius 3 is 2.21 bits per heavy atom. The molecule has 0 spiro atoms. The third kappa shape index (κ3) is 5.23. The average molecular weight is 480 g/mol. The lowest BCUT2D eigenvalue weighted by Crippen LogP contribution is -2.28. The van der Waals surface area contributed by atoms with Crippen molar-refractivity contribution in [3.63, 3.8) is 0 Å². The van der Waals surface area contributed by atoms with Crippen LogP contribution in [0.4, 0.5) is 17.3 Å². The summed E-state index contributed by atoms with van der Waals surface area (Å²) in [5.74, 6) is -0.898. The monoisotopic (exact) mass is 479 g/mol. The summed E-state index contributed by atoms with van der Waals surface area (Å²) in [7, 11) is -3.90. The van der Waals surface area contributed by atoms with Gasteiger partial charge in [-0.2, -0.15) is 0 Å². The van der Waals surface area contributed by atoms with E-state index < -0.39 is 15.9 Å². The Labute approximate surface area is 198 Å². The number of rotatable bonds is 6. The van der Waals surface area contributed by atoms with Crippen molar-refractivity contribution in [1.29, 1.82) is 0 Å². The number of hydrogen-bond acceptors (Lipinski definition) is 6. The molecule has 1 unspecified atom stereocenters. The normalized spacial score (nSPS) is 15.9. The molecule has 2 heterocycles. The minimum Gasteiger partial charge on any atom is -0.326 e. The fourth-order valence-electron chi connectivity index (χ4n) is 3.77. The van der Waals surface area contributed by atoms with E-state index in [1.807, 2.05) is 31.2 Å². The number of aromatic nitrogens is 2. The lowest BCUT2D eigenvalue weighted by molar-refractivity contribution is -0.122. The Morgan fingerprint density at radius 2 is 1.59 bits per heavy atom. The fourth-order valence-corrected chi connectivity index (χ4v) is 4.71. The van der Waals surface area contributed by atoms with Gasteiger partial charge in [0.15, 0.2) is 0 Å². The molecule has 4 rings (SSSR count). The number of amides is 2. The number of anilines is 3. The Bertz CT molecular complexity index is 1320. The molecule has 1 saturated heterocycles. The van der Waals surface area contributed by atoms with Gasteiger partial charge in [0.25, 0.3) is 10.0 Å². The van der Waals surface area contributed by atoms with Crippen molar-refractivity contribution in [1.82, 2.24) is 9.97 Å². The first-order chi connectivity index (χ1) is 16.1. The van der Waals surface area contributed by atoms with E-state index in [1.54, 1.807) is 24.8 Å². The van der Waals surface area contributed by atoms with Crippen LogP contribution in [-0.4, -0.2) is 36.7 Å². The molecular formula is C24H25N5O4S. The summed E-state index contributed by atoms with van der Waals surface area (Å²) in [5, 5.41) is 2.77. The molecule has 0 aliphatic carbocycles. The molecule has 176 valence electrons. The van der Waals surface area contributed by atoms with Crippen molar-refractivity contribution in [3.8, 4) is 0 Å². The van der Waals surface area contributed by atoms with Gasteiger partial charge in [0.2, 0.25) is 17.8 Å². The van der Waals surface area contributed by atoms with Gasteiger partial charge in [-0.25, -0.2) is 23.1 Å². The number of aryl methyl sites for hydroxylation is 3. The van der Waals surface area contributed by atoms with Crippen LogP contribution in [-0.2, 0) is 19.6 Å². The third-order valence-corrected chi connectivity index (χ3v) is 6.83. The first-order valence-corrected chi connectivity index (χ1v) is 12.2. The predicted molar refractivity (Wildman–Crippen MR) is 129 cm³/mol. The molecule has 9 nitrogen and oxygen atoms in total. The van der Waals surface area contributed by atoms with Crippen molar-refractivity contribution >= 4 is 39.2 Å². The predicted octanol–water partition coefficient (Wildman–Crippen LogP) is 3.19. The molecular weight excluding hydrogens is 454 g/mol. The molecule has 2 aromatic carbocycles. The van der Waals surface area contributed by atoms with E-state index >= 15 is 0 Å². The zero-order valence-electron chi connectivity index (χ0n) is 19.1. The number of nitrogens with zero attached hydrogens (tertiary/aromatic N) is 3. The molecule has 10 heteroatoms.